The number of hydrogen-bond donors (Lipinski definition) is 1. The molecule has 0 fully saturated rings. The highest BCUT2D eigenvalue weighted by molar-refractivity contribution is 5.86. The molecule has 1 N–H and O–H groups in total. The number of alkyl carbamates (subject to hydrolysis) is 1. The highest BCUT2D eigenvalue weighted by Crippen LogP contribution is 2.02. The standard InChI is InChI=1S/C12H21NO4/c1-5-10(6-2)17-12(15)13-7-8-16-11(14)9(3)4/h10H,3,5-8H2,1-2,4H3,(H,13,15). The zero-order chi connectivity index (χ0) is 13.3. The Morgan fingerprint density at radius 3 is 2.35 bits per heavy atom. The molecule has 0 saturated heterocycles. The van der Waals surface area contributed by atoms with Gasteiger partial charge in [0, 0.05) is 5.57 Å². The van der Waals surface area contributed by atoms with Crippen LogP contribution >= 0.6 is 0 Å². The van der Waals surface area contributed by atoms with Crippen LogP contribution in [-0.2, 0) is 14.3 Å². The van der Waals surface area contributed by atoms with Crippen molar-refractivity contribution in [2.75, 3.05) is 13.2 Å². The van der Waals surface area contributed by atoms with Crippen LogP contribution in [0.1, 0.15) is 33.6 Å². The summed E-state index contributed by atoms with van der Waals surface area (Å²) in [7, 11) is 0. The molecule has 0 aliphatic rings. The first-order chi connectivity index (χ1) is 8.01. The quantitative estimate of drug-likeness (QED) is 0.422. The molecule has 0 aliphatic carbocycles. The molecule has 0 atom stereocenters. The van der Waals surface area contributed by atoms with Crippen molar-refractivity contribution in [3.8, 4) is 0 Å². The predicted molar refractivity (Wildman–Crippen MR) is 64.6 cm³/mol. The van der Waals surface area contributed by atoms with E-state index >= 15 is 0 Å². The third-order valence-electron chi connectivity index (χ3n) is 2.14. The summed E-state index contributed by atoms with van der Waals surface area (Å²) in [5.41, 5.74) is 0.338. The van der Waals surface area contributed by atoms with Crippen molar-refractivity contribution < 1.29 is 19.1 Å². The van der Waals surface area contributed by atoms with Crippen LogP contribution in [0.4, 0.5) is 4.79 Å². The molecular weight excluding hydrogens is 222 g/mol. The first-order valence-corrected chi connectivity index (χ1v) is 5.78. The molecule has 0 saturated carbocycles. The second kappa shape index (κ2) is 8.61. The van der Waals surface area contributed by atoms with E-state index in [-0.39, 0.29) is 19.3 Å². The number of esters is 1. The van der Waals surface area contributed by atoms with Crippen LogP contribution in [0, 0.1) is 0 Å². The maximum absolute atomic E-state index is 11.3. The molecule has 0 aromatic carbocycles. The fraction of sp³-hybridized carbons (Fsp3) is 0.667. The molecule has 5 heteroatoms. The summed E-state index contributed by atoms with van der Waals surface area (Å²) in [6.45, 7) is 9.27. The Labute approximate surface area is 102 Å². The number of amides is 1. The SMILES string of the molecule is C=C(C)C(=O)OCCNC(=O)OC(CC)CC. The number of carbonyl (C=O) groups is 2. The van der Waals surface area contributed by atoms with Gasteiger partial charge in [-0.3, -0.25) is 0 Å². The highest BCUT2D eigenvalue weighted by atomic mass is 16.6. The monoisotopic (exact) mass is 243 g/mol. The first kappa shape index (κ1) is 15.5. The number of ether oxygens (including phenoxy) is 2. The van der Waals surface area contributed by atoms with Gasteiger partial charge in [0.2, 0.25) is 0 Å². The molecule has 0 aliphatic heterocycles. The van der Waals surface area contributed by atoms with E-state index in [2.05, 4.69) is 11.9 Å². The largest absolute Gasteiger partial charge is 0.460 e. The Morgan fingerprint density at radius 2 is 1.88 bits per heavy atom. The van der Waals surface area contributed by atoms with E-state index in [0.717, 1.165) is 12.8 Å². The summed E-state index contributed by atoms with van der Waals surface area (Å²) in [4.78, 5) is 22.3. The summed E-state index contributed by atoms with van der Waals surface area (Å²) < 4.78 is 9.90. The van der Waals surface area contributed by atoms with Crippen molar-refractivity contribution >= 4 is 12.1 Å². The molecule has 17 heavy (non-hydrogen) atoms. The number of hydrogen-bond acceptors (Lipinski definition) is 4. The highest BCUT2D eigenvalue weighted by Gasteiger charge is 2.09. The summed E-state index contributed by atoms with van der Waals surface area (Å²) in [5, 5.41) is 2.51. The average Bonchev–Trinajstić information content (AvgIpc) is 2.31. The molecule has 1 amide bonds. The molecule has 0 bridgehead atoms. The van der Waals surface area contributed by atoms with E-state index < -0.39 is 12.1 Å². The second-order valence-electron chi connectivity index (χ2n) is 3.69. The van der Waals surface area contributed by atoms with Gasteiger partial charge in [0.05, 0.1) is 6.54 Å². The lowest BCUT2D eigenvalue weighted by molar-refractivity contribution is -0.138. The molecule has 98 valence electrons. The molecule has 0 heterocycles. The summed E-state index contributed by atoms with van der Waals surface area (Å²) in [6.07, 6.45) is 1.03. The van der Waals surface area contributed by atoms with Crippen LogP contribution in [0.15, 0.2) is 12.2 Å². The lowest BCUT2D eigenvalue weighted by Crippen LogP contribution is -2.31. The topological polar surface area (TPSA) is 64.6 Å². The lowest BCUT2D eigenvalue weighted by atomic mass is 10.2. The summed E-state index contributed by atoms with van der Waals surface area (Å²) >= 11 is 0. The van der Waals surface area contributed by atoms with Gasteiger partial charge in [-0.2, -0.15) is 0 Å². The van der Waals surface area contributed by atoms with Gasteiger partial charge in [-0.25, -0.2) is 9.59 Å². The van der Waals surface area contributed by atoms with Crippen molar-refractivity contribution in [1.29, 1.82) is 0 Å². The van der Waals surface area contributed by atoms with Crippen molar-refractivity contribution in [3.05, 3.63) is 12.2 Å². The summed E-state index contributed by atoms with van der Waals surface area (Å²) in [5.74, 6) is -0.458. The van der Waals surface area contributed by atoms with Crippen LogP contribution in [0.3, 0.4) is 0 Å². The fourth-order valence-electron chi connectivity index (χ4n) is 1.07. The minimum Gasteiger partial charge on any atom is -0.460 e. The van der Waals surface area contributed by atoms with E-state index in [9.17, 15) is 9.59 Å². The normalized spacial score (nSPS) is 9.88. The predicted octanol–water partition coefficient (Wildman–Crippen LogP) is 2.02. The van der Waals surface area contributed by atoms with Gasteiger partial charge in [-0.15, -0.1) is 0 Å². The Kier molecular flexibility index (Phi) is 7.84. The molecular formula is C12H21NO4. The molecule has 0 rings (SSSR count). The van der Waals surface area contributed by atoms with Gasteiger partial charge in [0.25, 0.3) is 0 Å². The van der Waals surface area contributed by atoms with Crippen molar-refractivity contribution in [3.63, 3.8) is 0 Å². The van der Waals surface area contributed by atoms with E-state index in [1.807, 2.05) is 13.8 Å². The zero-order valence-corrected chi connectivity index (χ0v) is 10.7. The van der Waals surface area contributed by atoms with Crippen molar-refractivity contribution in [1.82, 2.24) is 5.32 Å². The van der Waals surface area contributed by atoms with Gasteiger partial charge in [-0.1, -0.05) is 20.4 Å². The number of carbonyl (C=O) groups excluding carboxylic acids is 2. The van der Waals surface area contributed by atoms with Gasteiger partial charge in [0.1, 0.15) is 12.7 Å². The van der Waals surface area contributed by atoms with Crippen molar-refractivity contribution in [2.24, 2.45) is 0 Å². The smallest absolute Gasteiger partial charge is 0.407 e. The molecule has 5 nitrogen and oxygen atoms in total. The minimum atomic E-state index is -0.481. The molecule has 0 aromatic heterocycles. The van der Waals surface area contributed by atoms with Crippen LogP contribution in [0.25, 0.3) is 0 Å². The van der Waals surface area contributed by atoms with E-state index in [1.54, 1.807) is 6.92 Å². The number of nitrogens with one attached hydrogen (secondary N) is 1. The molecule has 0 radical (unpaired) electrons. The van der Waals surface area contributed by atoms with Crippen LogP contribution < -0.4 is 5.32 Å². The molecule has 0 aromatic rings. The van der Waals surface area contributed by atoms with Crippen molar-refractivity contribution in [2.45, 2.75) is 39.7 Å². The maximum atomic E-state index is 11.3. The second-order valence-corrected chi connectivity index (χ2v) is 3.69. The Morgan fingerprint density at radius 1 is 1.29 bits per heavy atom. The zero-order valence-electron chi connectivity index (χ0n) is 10.7. The van der Waals surface area contributed by atoms with E-state index in [4.69, 9.17) is 9.47 Å². The first-order valence-electron chi connectivity index (χ1n) is 5.78. The minimum absolute atomic E-state index is 0.0621. The average molecular weight is 243 g/mol. The van der Waals surface area contributed by atoms with Gasteiger partial charge in [-0.05, 0) is 19.8 Å². The Bertz CT molecular complexity index is 272. The molecule has 0 unspecified atom stereocenters. The lowest BCUT2D eigenvalue weighted by Gasteiger charge is -2.14. The Hall–Kier alpha value is -1.52. The summed E-state index contributed by atoms with van der Waals surface area (Å²) in [6, 6.07) is 0. The van der Waals surface area contributed by atoms with E-state index in [0.29, 0.717) is 5.57 Å². The van der Waals surface area contributed by atoms with Gasteiger partial charge in [0.15, 0.2) is 0 Å². The Balaban J connectivity index is 3.65. The third kappa shape index (κ3) is 7.38. The van der Waals surface area contributed by atoms with Gasteiger partial charge >= 0.3 is 12.1 Å². The van der Waals surface area contributed by atoms with Gasteiger partial charge < -0.3 is 14.8 Å². The fourth-order valence-corrected chi connectivity index (χ4v) is 1.07. The third-order valence-corrected chi connectivity index (χ3v) is 2.14. The molecule has 0 spiro atoms. The number of rotatable bonds is 7. The van der Waals surface area contributed by atoms with E-state index in [1.165, 1.54) is 0 Å². The van der Waals surface area contributed by atoms with Crippen LogP contribution in [0.2, 0.25) is 0 Å². The van der Waals surface area contributed by atoms with Crippen LogP contribution in [-0.4, -0.2) is 31.3 Å². The maximum Gasteiger partial charge on any atom is 0.407 e. The van der Waals surface area contributed by atoms with Crippen LogP contribution in [0.5, 0.6) is 0 Å².